The van der Waals surface area contributed by atoms with Crippen LogP contribution in [0.2, 0.25) is 0 Å². The maximum atomic E-state index is 12.2. The van der Waals surface area contributed by atoms with Gasteiger partial charge in [-0.25, -0.2) is 12.7 Å². The molecular weight excluding hydrogens is 242 g/mol. The summed E-state index contributed by atoms with van der Waals surface area (Å²) in [4.78, 5) is 0. The summed E-state index contributed by atoms with van der Waals surface area (Å²) in [5.74, 6) is -0.0790. The Morgan fingerprint density at radius 2 is 2.06 bits per heavy atom. The third kappa shape index (κ3) is 2.90. The third-order valence-corrected chi connectivity index (χ3v) is 5.59. The lowest BCUT2D eigenvalue weighted by Crippen LogP contribution is -2.49. The molecule has 0 aliphatic carbocycles. The zero-order chi connectivity index (χ0) is 13.3. The average Bonchev–Trinajstić information content (AvgIpc) is 2.26. The summed E-state index contributed by atoms with van der Waals surface area (Å²) in [5, 5.41) is 11.6. The third-order valence-electron chi connectivity index (χ3n) is 3.03. The molecule has 7 heteroatoms. The first-order valence-corrected chi connectivity index (χ1v) is 7.11. The molecular formula is C10H21N3O3S. The Bertz CT molecular complexity index is 398. The van der Waals surface area contributed by atoms with Gasteiger partial charge in [-0.05, 0) is 33.6 Å². The first-order valence-electron chi connectivity index (χ1n) is 5.67. The van der Waals surface area contributed by atoms with Crippen molar-refractivity contribution in [1.29, 1.82) is 0 Å². The molecule has 17 heavy (non-hydrogen) atoms. The molecule has 1 aliphatic rings. The Kier molecular flexibility index (Phi) is 4.03. The van der Waals surface area contributed by atoms with Crippen molar-refractivity contribution >= 4 is 15.9 Å². The number of sulfonamides is 1. The molecule has 1 atom stereocenters. The molecule has 1 saturated heterocycles. The second kappa shape index (κ2) is 4.81. The summed E-state index contributed by atoms with van der Waals surface area (Å²) in [5.41, 5.74) is 5.54. The second-order valence-electron chi connectivity index (χ2n) is 5.34. The molecule has 0 aromatic carbocycles. The molecule has 1 aliphatic heterocycles. The van der Waals surface area contributed by atoms with Crippen molar-refractivity contribution in [1.82, 2.24) is 4.31 Å². The number of rotatable bonds is 2. The fourth-order valence-corrected chi connectivity index (χ4v) is 3.39. The lowest BCUT2D eigenvalue weighted by molar-refractivity contribution is 0.283. The van der Waals surface area contributed by atoms with Gasteiger partial charge in [0.05, 0.1) is 4.75 Å². The van der Waals surface area contributed by atoms with Gasteiger partial charge in [0.15, 0.2) is 0 Å². The van der Waals surface area contributed by atoms with Gasteiger partial charge in [0.1, 0.15) is 5.84 Å². The molecule has 0 radical (unpaired) electrons. The van der Waals surface area contributed by atoms with E-state index in [0.717, 1.165) is 12.8 Å². The van der Waals surface area contributed by atoms with E-state index < -0.39 is 14.8 Å². The fourth-order valence-electron chi connectivity index (χ4n) is 1.87. The van der Waals surface area contributed by atoms with Gasteiger partial charge >= 0.3 is 0 Å². The van der Waals surface area contributed by atoms with Crippen LogP contribution in [0.1, 0.15) is 33.6 Å². The van der Waals surface area contributed by atoms with Crippen LogP contribution in [0.4, 0.5) is 0 Å². The number of nitrogens with zero attached hydrogens (tertiary/aromatic N) is 2. The molecule has 0 amide bonds. The highest BCUT2D eigenvalue weighted by molar-refractivity contribution is 7.90. The van der Waals surface area contributed by atoms with Crippen molar-refractivity contribution in [3.05, 3.63) is 0 Å². The van der Waals surface area contributed by atoms with Gasteiger partial charge in [0.25, 0.3) is 0 Å². The highest BCUT2D eigenvalue weighted by atomic mass is 32.2. The Balaban J connectivity index is 2.88. The molecule has 100 valence electrons. The number of nitrogens with two attached hydrogens (primary N) is 1. The van der Waals surface area contributed by atoms with Crippen molar-refractivity contribution in [2.24, 2.45) is 16.8 Å². The summed E-state index contributed by atoms with van der Waals surface area (Å²) in [6, 6.07) is 0. The maximum Gasteiger partial charge on any atom is 0.219 e. The van der Waals surface area contributed by atoms with Crippen molar-refractivity contribution in [2.75, 3.05) is 13.1 Å². The van der Waals surface area contributed by atoms with Crippen LogP contribution in [0.15, 0.2) is 5.16 Å². The minimum atomic E-state index is -3.33. The molecule has 0 aromatic heterocycles. The van der Waals surface area contributed by atoms with E-state index in [9.17, 15) is 8.42 Å². The fraction of sp³-hybridized carbons (Fsp3) is 0.900. The predicted octanol–water partition coefficient (Wildman–Crippen LogP) is 0.573. The van der Waals surface area contributed by atoms with Gasteiger partial charge in [0.2, 0.25) is 10.0 Å². The normalized spacial score (nSPS) is 24.9. The molecule has 1 heterocycles. The molecule has 1 fully saturated rings. The lowest BCUT2D eigenvalue weighted by Gasteiger charge is -2.35. The van der Waals surface area contributed by atoms with Gasteiger partial charge in [0, 0.05) is 19.0 Å². The first kappa shape index (κ1) is 14.2. The van der Waals surface area contributed by atoms with Gasteiger partial charge < -0.3 is 10.9 Å². The molecule has 0 bridgehead atoms. The molecule has 0 saturated carbocycles. The van der Waals surface area contributed by atoms with Gasteiger partial charge in [-0.2, -0.15) is 0 Å². The van der Waals surface area contributed by atoms with Crippen LogP contribution in [-0.2, 0) is 10.0 Å². The SMILES string of the molecule is CC(C)(C)S(=O)(=O)N1CCCC(C(N)=NO)C1. The highest BCUT2D eigenvalue weighted by Gasteiger charge is 2.38. The van der Waals surface area contributed by atoms with E-state index in [-0.39, 0.29) is 11.8 Å². The molecule has 0 aromatic rings. The maximum absolute atomic E-state index is 12.2. The summed E-state index contributed by atoms with van der Waals surface area (Å²) >= 11 is 0. The predicted molar refractivity (Wildman–Crippen MR) is 66.4 cm³/mol. The van der Waals surface area contributed by atoms with Crippen molar-refractivity contribution in [3.8, 4) is 0 Å². The Labute approximate surface area is 103 Å². The van der Waals surface area contributed by atoms with Crippen molar-refractivity contribution < 1.29 is 13.6 Å². The highest BCUT2D eigenvalue weighted by Crippen LogP contribution is 2.26. The topological polar surface area (TPSA) is 96.0 Å². The zero-order valence-electron chi connectivity index (χ0n) is 10.5. The minimum Gasteiger partial charge on any atom is -0.409 e. The molecule has 6 nitrogen and oxygen atoms in total. The molecule has 3 N–H and O–H groups in total. The lowest BCUT2D eigenvalue weighted by atomic mass is 9.99. The van der Waals surface area contributed by atoms with Crippen LogP contribution in [0.5, 0.6) is 0 Å². The average molecular weight is 263 g/mol. The van der Waals surface area contributed by atoms with Gasteiger partial charge in [-0.3, -0.25) is 0 Å². The van der Waals surface area contributed by atoms with Crippen molar-refractivity contribution in [2.45, 2.75) is 38.4 Å². The number of hydrogen-bond acceptors (Lipinski definition) is 4. The second-order valence-corrected chi connectivity index (χ2v) is 8.03. The van der Waals surface area contributed by atoms with Crippen LogP contribution in [0.25, 0.3) is 0 Å². The Morgan fingerprint density at radius 1 is 1.47 bits per heavy atom. The number of oxime groups is 1. The summed E-state index contributed by atoms with van der Waals surface area (Å²) in [6.45, 7) is 5.84. The standard InChI is InChI=1S/C10H21N3O3S/c1-10(2,3)17(15,16)13-6-4-5-8(7-13)9(11)12-14/h8,14H,4-7H2,1-3H3,(H2,11,12). The number of amidine groups is 1. The van der Waals surface area contributed by atoms with E-state index in [2.05, 4.69) is 5.16 Å². The monoisotopic (exact) mass is 263 g/mol. The molecule has 0 spiro atoms. The number of piperidine rings is 1. The quantitative estimate of drug-likeness (QED) is 0.329. The van der Waals surface area contributed by atoms with E-state index >= 15 is 0 Å². The molecule has 1 rings (SSSR count). The van der Waals surface area contributed by atoms with Crippen LogP contribution < -0.4 is 5.73 Å². The minimum absolute atomic E-state index is 0.110. The van der Waals surface area contributed by atoms with E-state index in [1.807, 2.05) is 0 Å². The Morgan fingerprint density at radius 3 is 2.53 bits per heavy atom. The van der Waals surface area contributed by atoms with Crippen LogP contribution in [0.3, 0.4) is 0 Å². The largest absolute Gasteiger partial charge is 0.409 e. The Hall–Kier alpha value is -0.820. The van der Waals surface area contributed by atoms with Crippen LogP contribution >= 0.6 is 0 Å². The van der Waals surface area contributed by atoms with E-state index in [4.69, 9.17) is 10.9 Å². The van der Waals surface area contributed by atoms with E-state index in [0.29, 0.717) is 13.1 Å². The summed E-state index contributed by atoms with van der Waals surface area (Å²) < 4.78 is 25.1. The molecule has 1 unspecified atom stereocenters. The first-order chi connectivity index (χ1) is 7.70. The van der Waals surface area contributed by atoms with Crippen LogP contribution in [-0.4, -0.2) is 41.6 Å². The number of hydrogen-bond donors (Lipinski definition) is 2. The van der Waals surface area contributed by atoms with Gasteiger partial charge in [-0.15, -0.1) is 0 Å². The smallest absolute Gasteiger partial charge is 0.219 e. The van der Waals surface area contributed by atoms with Gasteiger partial charge in [-0.1, -0.05) is 5.16 Å². The zero-order valence-corrected chi connectivity index (χ0v) is 11.4. The van der Waals surface area contributed by atoms with E-state index in [1.54, 1.807) is 20.8 Å². The van der Waals surface area contributed by atoms with Crippen LogP contribution in [0, 0.1) is 5.92 Å². The van der Waals surface area contributed by atoms with E-state index in [1.165, 1.54) is 4.31 Å². The van der Waals surface area contributed by atoms with Crippen molar-refractivity contribution in [3.63, 3.8) is 0 Å². The summed E-state index contributed by atoms with van der Waals surface area (Å²) in [7, 11) is -3.33. The summed E-state index contributed by atoms with van der Waals surface area (Å²) in [6.07, 6.45) is 1.49.